The van der Waals surface area contributed by atoms with Crippen molar-refractivity contribution in [3.05, 3.63) is 11.4 Å². The zero-order chi connectivity index (χ0) is 15.6. The van der Waals surface area contributed by atoms with Crippen LogP contribution < -0.4 is 11.5 Å². The first-order chi connectivity index (χ1) is 9.90. The van der Waals surface area contributed by atoms with E-state index < -0.39 is 5.91 Å². The number of nitrogens with two attached hydrogens (primary N) is 2. The Balaban J connectivity index is 2.13. The fourth-order valence-electron chi connectivity index (χ4n) is 2.89. The third-order valence-electron chi connectivity index (χ3n) is 4.13. The van der Waals surface area contributed by atoms with Crippen LogP contribution in [0, 0.1) is 13.8 Å². The van der Waals surface area contributed by atoms with E-state index >= 15 is 0 Å². The van der Waals surface area contributed by atoms with Gasteiger partial charge in [0.2, 0.25) is 11.8 Å². The van der Waals surface area contributed by atoms with Crippen molar-refractivity contribution < 1.29 is 9.59 Å². The number of rotatable bonds is 5. The highest BCUT2D eigenvalue weighted by molar-refractivity contribution is 5.84. The summed E-state index contributed by atoms with van der Waals surface area (Å²) in [5.41, 5.74) is 13.2. The van der Waals surface area contributed by atoms with E-state index in [1.165, 1.54) is 0 Å². The third-order valence-corrected chi connectivity index (χ3v) is 4.13. The van der Waals surface area contributed by atoms with Gasteiger partial charge in [0.25, 0.3) is 0 Å². The monoisotopic (exact) mass is 293 g/mol. The number of aromatic nitrogens is 2. The van der Waals surface area contributed by atoms with Crippen molar-refractivity contribution in [2.75, 3.05) is 12.3 Å². The van der Waals surface area contributed by atoms with Gasteiger partial charge in [-0.25, -0.2) is 0 Å². The molecule has 0 radical (unpaired) electrons. The first-order valence-corrected chi connectivity index (χ1v) is 7.27. The van der Waals surface area contributed by atoms with E-state index in [-0.39, 0.29) is 25.0 Å². The van der Waals surface area contributed by atoms with Crippen LogP contribution in [0.25, 0.3) is 0 Å². The van der Waals surface area contributed by atoms with Crippen LogP contribution >= 0.6 is 0 Å². The van der Waals surface area contributed by atoms with Gasteiger partial charge >= 0.3 is 0 Å². The Morgan fingerprint density at radius 2 is 1.95 bits per heavy atom. The molecule has 1 aromatic heterocycles. The number of anilines is 1. The molecule has 1 aliphatic carbocycles. The van der Waals surface area contributed by atoms with E-state index in [1.54, 1.807) is 9.58 Å². The Labute approximate surface area is 124 Å². The Kier molecular flexibility index (Phi) is 4.50. The molecular formula is C14H23N5O2. The van der Waals surface area contributed by atoms with E-state index in [9.17, 15) is 9.59 Å². The Morgan fingerprint density at radius 1 is 1.33 bits per heavy atom. The van der Waals surface area contributed by atoms with Crippen molar-refractivity contribution in [3.8, 4) is 0 Å². The number of carbonyl (C=O) groups excluding carboxylic acids is 2. The fraction of sp³-hybridized carbons (Fsp3) is 0.643. The molecule has 0 aromatic carbocycles. The second kappa shape index (κ2) is 6.15. The van der Waals surface area contributed by atoms with Crippen molar-refractivity contribution in [1.82, 2.24) is 14.7 Å². The van der Waals surface area contributed by atoms with Crippen LogP contribution in [0.2, 0.25) is 0 Å². The van der Waals surface area contributed by atoms with Gasteiger partial charge in [0, 0.05) is 6.04 Å². The molecule has 1 heterocycles. The molecule has 0 atom stereocenters. The van der Waals surface area contributed by atoms with Crippen molar-refractivity contribution in [1.29, 1.82) is 0 Å². The highest BCUT2D eigenvalue weighted by Crippen LogP contribution is 2.24. The molecule has 21 heavy (non-hydrogen) atoms. The van der Waals surface area contributed by atoms with Gasteiger partial charge in [-0.1, -0.05) is 12.8 Å². The number of amides is 2. The molecule has 1 fully saturated rings. The number of hydrogen-bond donors (Lipinski definition) is 2. The maximum atomic E-state index is 12.5. The lowest BCUT2D eigenvalue weighted by Gasteiger charge is -2.28. The molecule has 2 rings (SSSR count). The number of nitrogen functional groups attached to an aromatic ring is 1. The minimum absolute atomic E-state index is 0.0295. The molecule has 0 spiro atoms. The van der Waals surface area contributed by atoms with Gasteiger partial charge in [0.15, 0.2) is 0 Å². The molecule has 1 saturated carbocycles. The van der Waals surface area contributed by atoms with Crippen LogP contribution in [0.15, 0.2) is 0 Å². The van der Waals surface area contributed by atoms with E-state index in [4.69, 9.17) is 11.5 Å². The maximum Gasteiger partial charge on any atom is 0.245 e. The molecule has 116 valence electrons. The Hall–Kier alpha value is -2.05. The minimum Gasteiger partial charge on any atom is -0.396 e. The summed E-state index contributed by atoms with van der Waals surface area (Å²) >= 11 is 0. The predicted molar refractivity (Wildman–Crippen MR) is 79.3 cm³/mol. The standard InChI is InChI=1S/C14H23N5O2/c1-9-14(16)10(2)19(17-9)8-13(21)18(7-12(15)20)11-5-3-4-6-11/h11H,3-8,16H2,1-2H3,(H2,15,20). The predicted octanol–water partition coefficient (Wildman–Crippen LogP) is 0.339. The largest absolute Gasteiger partial charge is 0.396 e. The molecule has 1 aliphatic rings. The van der Waals surface area contributed by atoms with E-state index in [0.717, 1.165) is 31.4 Å². The molecular weight excluding hydrogens is 270 g/mol. The van der Waals surface area contributed by atoms with Crippen LogP contribution in [0.3, 0.4) is 0 Å². The Bertz CT molecular complexity index is 546. The van der Waals surface area contributed by atoms with Crippen LogP contribution in [-0.4, -0.2) is 39.1 Å². The summed E-state index contributed by atoms with van der Waals surface area (Å²) in [6, 6.07) is 0.110. The zero-order valence-electron chi connectivity index (χ0n) is 12.6. The van der Waals surface area contributed by atoms with Gasteiger partial charge < -0.3 is 16.4 Å². The molecule has 0 saturated heterocycles. The maximum absolute atomic E-state index is 12.5. The molecule has 4 N–H and O–H groups in total. The molecule has 2 amide bonds. The highest BCUT2D eigenvalue weighted by Gasteiger charge is 2.28. The van der Waals surface area contributed by atoms with Crippen LogP contribution in [0.1, 0.15) is 37.1 Å². The summed E-state index contributed by atoms with van der Waals surface area (Å²) in [5.74, 6) is -0.616. The second-order valence-electron chi connectivity index (χ2n) is 5.67. The lowest BCUT2D eigenvalue weighted by Crippen LogP contribution is -2.45. The van der Waals surface area contributed by atoms with Crippen molar-refractivity contribution in [2.45, 2.75) is 52.1 Å². The number of aryl methyl sites for hydroxylation is 1. The SMILES string of the molecule is Cc1nn(CC(=O)N(CC(N)=O)C2CCCC2)c(C)c1N. The number of hydrogen-bond acceptors (Lipinski definition) is 4. The molecule has 7 nitrogen and oxygen atoms in total. The van der Waals surface area contributed by atoms with Gasteiger partial charge in [-0.15, -0.1) is 0 Å². The normalized spacial score (nSPS) is 15.3. The first kappa shape index (κ1) is 15.3. The molecule has 1 aromatic rings. The first-order valence-electron chi connectivity index (χ1n) is 7.27. The second-order valence-corrected chi connectivity index (χ2v) is 5.67. The molecule has 0 bridgehead atoms. The number of carbonyl (C=O) groups is 2. The average Bonchev–Trinajstić information content (AvgIpc) is 3.02. The number of primary amides is 1. The lowest BCUT2D eigenvalue weighted by atomic mass is 10.2. The highest BCUT2D eigenvalue weighted by atomic mass is 16.2. The van der Waals surface area contributed by atoms with Gasteiger partial charge in [-0.2, -0.15) is 5.10 Å². The van der Waals surface area contributed by atoms with E-state index in [0.29, 0.717) is 11.4 Å². The van der Waals surface area contributed by atoms with Crippen molar-refractivity contribution >= 4 is 17.5 Å². The summed E-state index contributed by atoms with van der Waals surface area (Å²) in [6.07, 6.45) is 4.02. The zero-order valence-corrected chi connectivity index (χ0v) is 12.6. The summed E-state index contributed by atoms with van der Waals surface area (Å²) in [7, 11) is 0. The van der Waals surface area contributed by atoms with Crippen molar-refractivity contribution in [3.63, 3.8) is 0 Å². The van der Waals surface area contributed by atoms with E-state index in [1.807, 2.05) is 13.8 Å². The fourth-order valence-corrected chi connectivity index (χ4v) is 2.89. The van der Waals surface area contributed by atoms with Gasteiger partial charge in [0.05, 0.1) is 23.6 Å². The van der Waals surface area contributed by atoms with Gasteiger partial charge in [-0.3, -0.25) is 14.3 Å². The van der Waals surface area contributed by atoms with Gasteiger partial charge in [0.1, 0.15) is 6.54 Å². The summed E-state index contributed by atoms with van der Waals surface area (Å²) < 4.78 is 1.59. The summed E-state index contributed by atoms with van der Waals surface area (Å²) in [6.45, 7) is 3.70. The topological polar surface area (TPSA) is 107 Å². The van der Waals surface area contributed by atoms with Gasteiger partial charge in [-0.05, 0) is 26.7 Å². The quantitative estimate of drug-likeness (QED) is 0.816. The molecule has 0 unspecified atom stereocenters. The molecule has 0 aliphatic heterocycles. The van der Waals surface area contributed by atoms with Crippen LogP contribution in [0.5, 0.6) is 0 Å². The van der Waals surface area contributed by atoms with E-state index in [2.05, 4.69) is 5.10 Å². The number of nitrogens with zero attached hydrogens (tertiary/aromatic N) is 3. The van der Waals surface area contributed by atoms with Crippen LogP contribution in [0.4, 0.5) is 5.69 Å². The average molecular weight is 293 g/mol. The van der Waals surface area contributed by atoms with Crippen LogP contribution in [-0.2, 0) is 16.1 Å². The van der Waals surface area contributed by atoms with Crippen molar-refractivity contribution in [2.24, 2.45) is 5.73 Å². The summed E-state index contributed by atoms with van der Waals surface area (Å²) in [4.78, 5) is 25.4. The smallest absolute Gasteiger partial charge is 0.245 e. The molecule has 7 heteroatoms. The third kappa shape index (κ3) is 3.34. The minimum atomic E-state index is -0.483. The summed E-state index contributed by atoms with van der Waals surface area (Å²) in [5, 5.41) is 4.27. The Morgan fingerprint density at radius 3 is 2.43 bits per heavy atom. The lowest BCUT2D eigenvalue weighted by molar-refractivity contribution is -0.138.